The zero-order chi connectivity index (χ0) is 11.8. The molecule has 0 spiro atoms. The Hall–Kier alpha value is -0.930. The maximum Gasteiger partial charge on any atom is 0.0954 e. The van der Waals surface area contributed by atoms with Crippen LogP contribution < -0.4 is 5.32 Å². The van der Waals surface area contributed by atoms with Crippen molar-refractivity contribution in [1.82, 2.24) is 10.3 Å². The van der Waals surface area contributed by atoms with E-state index in [1.165, 1.54) is 45.7 Å². The van der Waals surface area contributed by atoms with Crippen LogP contribution in [0.3, 0.4) is 0 Å². The lowest BCUT2D eigenvalue weighted by atomic mass is 10.1. The zero-order valence-corrected chi connectivity index (χ0v) is 11.2. The summed E-state index contributed by atoms with van der Waals surface area (Å²) in [5, 5.41) is 4.83. The van der Waals surface area contributed by atoms with Gasteiger partial charge in [-0.3, -0.25) is 0 Å². The molecule has 1 saturated heterocycles. The molecular formula is C14H18N2S. The molecule has 1 aliphatic heterocycles. The van der Waals surface area contributed by atoms with Gasteiger partial charge in [-0.15, -0.1) is 11.3 Å². The van der Waals surface area contributed by atoms with Crippen molar-refractivity contribution in [1.29, 1.82) is 0 Å². The fourth-order valence-corrected chi connectivity index (χ4v) is 3.72. The molecule has 0 saturated carbocycles. The number of aromatic nitrogens is 1. The molecule has 2 nitrogen and oxygen atoms in total. The van der Waals surface area contributed by atoms with Gasteiger partial charge in [-0.25, -0.2) is 4.98 Å². The fourth-order valence-electron chi connectivity index (χ4n) is 2.53. The van der Waals surface area contributed by atoms with Crippen molar-refractivity contribution in [2.24, 2.45) is 0 Å². The summed E-state index contributed by atoms with van der Waals surface area (Å²) in [4.78, 5) is 4.82. The van der Waals surface area contributed by atoms with Crippen LogP contribution in [0.4, 0.5) is 0 Å². The largest absolute Gasteiger partial charge is 0.314 e. The lowest BCUT2D eigenvalue weighted by molar-refractivity contribution is 0.602. The third-order valence-corrected chi connectivity index (χ3v) is 4.78. The molecule has 2 aromatic rings. The predicted molar refractivity (Wildman–Crippen MR) is 73.8 cm³/mol. The number of aryl methyl sites for hydroxylation is 2. The van der Waals surface area contributed by atoms with Crippen LogP contribution in [0.5, 0.6) is 0 Å². The second-order valence-electron chi connectivity index (χ2n) is 4.98. The lowest BCUT2D eigenvalue weighted by Crippen LogP contribution is -2.23. The van der Waals surface area contributed by atoms with E-state index in [4.69, 9.17) is 4.98 Å². The summed E-state index contributed by atoms with van der Waals surface area (Å²) < 4.78 is 1.37. The van der Waals surface area contributed by atoms with Gasteiger partial charge in [0.25, 0.3) is 0 Å². The maximum absolute atomic E-state index is 4.82. The molecule has 1 N–H and O–H groups in total. The number of benzene rings is 1. The van der Waals surface area contributed by atoms with E-state index in [0.717, 1.165) is 6.42 Å². The lowest BCUT2D eigenvalue weighted by Gasteiger charge is -2.05. The van der Waals surface area contributed by atoms with Crippen LogP contribution >= 0.6 is 11.3 Å². The molecule has 1 atom stereocenters. The molecule has 1 aromatic carbocycles. The number of thiazole rings is 1. The Labute approximate surface area is 106 Å². The number of hydrogen-bond acceptors (Lipinski definition) is 3. The van der Waals surface area contributed by atoms with Gasteiger partial charge in [0.1, 0.15) is 0 Å². The van der Waals surface area contributed by atoms with Gasteiger partial charge in [0, 0.05) is 12.5 Å². The van der Waals surface area contributed by atoms with Crippen molar-refractivity contribution >= 4 is 21.6 Å². The summed E-state index contributed by atoms with van der Waals surface area (Å²) in [5.74, 6) is 0. The Morgan fingerprint density at radius 1 is 1.35 bits per heavy atom. The van der Waals surface area contributed by atoms with Gasteiger partial charge in [-0.1, -0.05) is 12.1 Å². The summed E-state index contributed by atoms with van der Waals surface area (Å²) in [6.45, 7) is 5.50. The molecule has 0 bridgehead atoms. The van der Waals surface area contributed by atoms with E-state index in [1.54, 1.807) is 0 Å². The van der Waals surface area contributed by atoms with Crippen molar-refractivity contribution in [2.45, 2.75) is 39.2 Å². The summed E-state index contributed by atoms with van der Waals surface area (Å²) in [7, 11) is 0. The van der Waals surface area contributed by atoms with Gasteiger partial charge < -0.3 is 5.32 Å². The molecule has 0 aliphatic carbocycles. The van der Waals surface area contributed by atoms with Crippen molar-refractivity contribution in [2.75, 3.05) is 6.54 Å². The minimum Gasteiger partial charge on any atom is -0.314 e. The van der Waals surface area contributed by atoms with Crippen LogP contribution in [0.1, 0.15) is 29.0 Å². The van der Waals surface area contributed by atoms with Crippen LogP contribution in [0.15, 0.2) is 12.1 Å². The van der Waals surface area contributed by atoms with E-state index >= 15 is 0 Å². The van der Waals surface area contributed by atoms with Crippen molar-refractivity contribution in [3.05, 3.63) is 28.3 Å². The molecule has 3 heteroatoms. The Kier molecular flexibility index (Phi) is 2.89. The Balaban J connectivity index is 1.95. The van der Waals surface area contributed by atoms with Crippen molar-refractivity contribution in [3.8, 4) is 0 Å². The van der Waals surface area contributed by atoms with E-state index in [9.17, 15) is 0 Å². The van der Waals surface area contributed by atoms with Crippen molar-refractivity contribution < 1.29 is 0 Å². The first-order valence-electron chi connectivity index (χ1n) is 6.33. The number of nitrogens with zero attached hydrogens (tertiary/aromatic N) is 1. The summed E-state index contributed by atoms with van der Waals surface area (Å²) in [6, 6.07) is 5.03. The monoisotopic (exact) mass is 246 g/mol. The SMILES string of the molecule is Cc1ccc(C)c2sc(CC3CCCN3)nc12. The molecule has 3 rings (SSSR count). The number of fused-ring (bicyclic) bond motifs is 1. The second-order valence-corrected chi connectivity index (χ2v) is 6.07. The Bertz CT molecular complexity index is 499. The first kappa shape index (κ1) is 11.2. The minimum atomic E-state index is 0.649. The van der Waals surface area contributed by atoms with Crippen LogP contribution in [0, 0.1) is 13.8 Å². The number of nitrogens with one attached hydrogen (secondary N) is 1. The van der Waals surface area contributed by atoms with Gasteiger partial charge in [0.05, 0.1) is 15.2 Å². The van der Waals surface area contributed by atoms with Crippen molar-refractivity contribution in [3.63, 3.8) is 0 Å². The highest BCUT2D eigenvalue weighted by Crippen LogP contribution is 2.29. The average molecular weight is 246 g/mol. The third-order valence-electron chi connectivity index (χ3n) is 3.57. The minimum absolute atomic E-state index is 0.649. The zero-order valence-electron chi connectivity index (χ0n) is 10.4. The molecule has 2 heterocycles. The van der Waals surface area contributed by atoms with Crippen LogP contribution in [-0.2, 0) is 6.42 Å². The van der Waals surface area contributed by atoms with E-state index in [0.29, 0.717) is 6.04 Å². The van der Waals surface area contributed by atoms with Gasteiger partial charge >= 0.3 is 0 Å². The van der Waals surface area contributed by atoms with Crippen LogP contribution in [-0.4, -0.2) is 17.6 Å². The van der Waals surface area contributed by atoms with Gasteiger partial charge in [0.2, 0.25) is 0 Å². The first-order valence-corrected chi connectivity index (χ1v) is 7.14. The summed E-state index contributed by atoms with van der Waals surface area (Å²) in [6.07, 6.45) is 3.71. The quantitative estimate of drug-likeness (QED) is 0.880. The van der Waals surface area contributed by atoms with Gasteiger partial charge in [0.15, 0.2) is 0 Å². The molecule has 1 aromatic heterocycles. The summed E-state index contributed by atoms with van der Waals surface area (Å²) >= 11 is 1.87. The van der Waals surface area contributed by atoms with E-state index in [2.05, 4.69) is 31.3 Å². The number of rotatable bonds is 2. The molecule has 1 unspecified atom stereocenters. The smallest absolute Gasteiger partial charge is 0.0954 e. The fraction of sp³-hybridized carbons (Fsp3) is 0.500. The van der Waals surface area contributed by atoms with Gasteiger partial charge in [-0.2, -0.15) is 0 Å². The normalized spacial score (nSPS) is 20.2. The topological polar surface area (TPSA) is 24.9 Å². The Morgan fingerprint density at radius 2 is 2.18 bits per heavy atom. The molecule has 90 valence electrons. The second kappa shape index (κ2) is 4.39. The van der Waals surface area contributed by atoms with E-state index in [-0.39, 0.29) is 0 Å². The van der Waals surface area contributed by atoms with Gasteiger partial charge in [-0.05, 0) is 44.4 Å². The van der Waals surface area contributed by atoms with E-state index < -0.39 is 0 Å². The molecule has 17 heavy (non-hydrogen) atoms. The average Bonchev–Trinajstić information content (AvgIpc) is 2.94. The maximum atomic E-state index is 4.82. The third kappa shape index (κ3) is 2.09. The standard InChI is InChI=1S/C14H18N2S/c1-9-5-6-10(2)14-13(9)16-12(17-14)8-11-4-3-7-15-11/h5-6,11,15H,3-4,7-8H2,1-2H3. The highest BCUT2D eigenvalue weighted by atomic mass is 32.1. The van der Waals surface area contributed by atoms with E-state index in [1.807, 2.05) is 11.3 Å². The highest BCUT2D eigenvalue weighted by molar-refractivity contribution is 7.18. The Morgan fingerprint density at radius 3 is 2.88 bits per heavy atom. The molecule has 0 radical (unpaired) electrons. The molecule has 0 amide bonds. The predicted octanol–water partition coefficient (Wildman–Crippen LogP) is 3.21. The van der Waals surface area contributed by atoms with Crippen LogP contribution in [0.2, 0.25) is 0 Å². The summed E-state index contributed by atoms with van der Waals surface area (Å²) in [5.41, 5.74) is 3.87. The molecular weight excluding hydrogens is 228 g/mol. The molecule has 1 fully saturated rings. The number of hydrogen-bond donors (Lipinski definition) is 1. The first-order chi connectivity index (χ1) is 8.24. The van der Waals surface area contributed by atoms with Crippen LogP contribution in [0.25, 0.3) is 10.2 Å². The highest BCUT2D eigenvalue weighted by Gasteiger charge is 2.17. The molecule has 1 aliphatic rings.